The van der Waals surface area contributed by atoms with Crippen molar-refractivity contribution in [1.29, 1.82) is 0 Å². The zero-order valence-corrected chi connectivity index (χ0v) is 8.96. The average molecular weight is 223 g/mol. The number of carbonyl (C=O) groups excluding carboxylic acids is 2. The molecule has 86 valence electrons. The number of aldehydes is 1. The van der Waals surface area contributed by atoms with E-state index in [9.17, 15) is 9.59 Å². The molecule has 0 atom stereocenters. The van der Waals surface area contributed by atoms with Crippen molar-refractivity contribution in [2.24, 2.45) is 0 Å². The van der Waals surface area contributed by atoms with Crippen LogP contribution in [0, 0.1) is 0 Å². The largest absolute Gasteiger partial charge is 0.361 e. The van der Waals surface area contributed by atoms with Crippen LogP contribution < -0.4 is 4.90 Å². The monoisotopic (exact) mass is 223 g/mol. The average Bonchev–Trinajstić information content (AvgIpc) is 2.30. The molecule has 0 heterocycles. The van der Waals surface area contributed by atoms with Gasteiger partial charge in [-0.25, -0.2) is 4.79 Å². The fourth-order valence-corrected chi connectivity index (χ4v) is 1.27. The minimum atomic E-state index is -0.548. The third-order valence-electron chi connectivity index (χ3n) is 1.91. The number of hydrogen-bond acceptors (Lipinski definition) is 5. The molecule has 0 amide bonds. The predicted octanol–water partition coefficient (Wildman–Crippen LogP) is 0.796. The molecule has 1 aromatic carbocycles. The van der Waals surface area contributed by atoms with E-state index in [0.29, 0.717) is 0 Å². The summed E-state index contributed by atoms with van der Waals surface area (Å²) in [5.74, 6) is -0.548. The summed E-state index contributed by atoms with van der Waals surface area (Å²) in [7, 11) is 1.25. The van der Waals surface area contributed by atoms with Gasteiger partial charge in [-0.05, 0) is 12.1 Å². The van der Waals surface area contributed by atoms with Gasteiger partial charge < -0.3 is 9.69 Å². The van der Waals surface area contributed by atoms with Crippen molar-refractivity contribution in [3.05, 3.63) is 30.3 Å². The van der Waals surface area contributed by atoms with Crippen molar-refractivity contribution in [3.8, 4) is 0 Å². The molecule has 0 saturated carbocycles. The molecule has 0 aromatic heterocycles. The van der Waals surface area contributed by atoms with Crippen molar-refractivity contribution in [1.82, 2.24) is 0 Å². The normalized spacial score (nSPS) is 9.56. The van der Waals surface area contributed by atoms with Crippen LogP contribution in [0.4, 0.5) is 5.69 Å². The Kier molecular flexibility index (Phi) is 5.01. The molecule has 1 aromatic rings. The lowest BCUT2D eigenvalue weighted by atomic mass is 10.3. The van der Waals surface area contributed by atoms with Crippen LogP contribution in [0.15, 0.2) is 30.3 Å². The summed E-state index contributed by atoms with van der Waals surface area (Å²) in [6.07, 6.45) is 0.729. The Labute approximate surface area is 93.5 Å². The molecule has 0 aliphatic carbocycles. The van der Waals surface area contributed by atoms with Gasteiger partial charge in [-0.1, -0.05) is 18.2 Å². The van der Waals surface area contributed by atoms with Gasteiger partial charge in [-0.3, -0.25) is 4.89 Å². The quantitative estimate of drug-likeness (QED) is 0.405. The molecule has 16 heavy (non-hydrogen) atoms. The van der Waals surface area contributed by atoms with E-state index in [1.807, 2.05) is 30.3 Å². The van der Waals surface area contributed by atoms with E-state index < -0.39 is 5.97 Å². The van der Waals surface area contributed by atoms with Gasteiger partial charge >= 0.3 is 5.97 Å². The molecule has 0 unspecified atom stereocenters. The van der Waals surface area contributed by atoms with Crippen molar-refractivity contribution in [2.75, 3.05) is 25.1 Å². The van der Waals surface area contributed by atoms with Crippen LogP contribution in [0.1, 0.15) is 0 Å². The van der Waals surface area contributed by atoms with E-state index in [0.717, 1.165) is 12.0 Å². The number of para-hydroxylation sites is 1. The molecule has 5 heteroatoms. The smallest absolute Gasteiger partial charge is 0.353 e. The Morgan fingerprint density at radius 2 is 2.06 bits per heavy atom. The Morgan fingerprint density at radius 3 is 2.62 bits per heavy atom. The van der Waals surface area contributed by atoms with Crippen LogP contribution in [-0.2, 0) is 19.4 Å². The molecule has 0 spiro atoms. The summed E-state index contributed by atoms with van der Waals surface area (Å²) in [5.41, 5.74) is 0.780. The van der Waals surface area contributed by atoms with Crippen LogP contribution in [0.5, 0.6) is 0 Å². The molecular weight excluding hydrogens is 210 g/mol. The predicted molar refractivity (Wildman–Crippen MR) is 57.8 cm³/mol. The lowest BCUT2D eigenvalue weighted by Crippen LogP contribution is -2.32. The van der Waals surface area contributed by atoms with E-state index >= 15 is 0 Å². The number of anilines is 1. The summed E-state index contributed by atoms with van der Waals surface area (Å²) >= 11 is 0. The first-order valence-electron chi connectivity index (χ1n) is 4.75. The minimum absolute atomic E-state index is 0.0312. The van der Waals surface area contributed by atoms with Crippen molar-refractivity contribution < 1.29 is 19.4 Å². The van der Waals surface area contributed by atoms with E-state index in [2.05, 4.69) is 9.78 Å². The second-order valence-electron chi connectivity index (χ2n) is 3.00. The fourth-order valence-electron chi connectivity index (χ4n) is 1.27. The topological polar surface area (TPSA) is 55.8 Å². The highest BCUT2D eigenvalue weighted by atomic mass is 17.2. The molecule has 0 aliphatic rings. The number of benzene rings is 1. The van der Waals surface area contributed by atoms with Gasteiger partial charge in [0, 0.05) is 5.69 Å². The van der Waals surface area contributed by atoms with Crippen molar-refractivity contribution >= 4 is 17.9 Å². The zero-order valence-electron chi connectivity index (χ0n) is 8.96. The second kappa shape index (κ2) is 6.58. The number of rotatable bonds is 6. The zero-order chi connectivity index (χ0) is 11.8. The second-order valence-corrected chi connectivity index (χ2v) is 3.00. The summed E-state index contributed by atoms with van der Waals surface area (Å²) < 4.78 is 0. The first kappa shape index (κ1) is 12.2. The number of hydrogen-bond donors (Lipinski definition) is 0. The number of nitrogens with zero attached hydrogens (tertiary/aromatic N) is 1. The summed E-state index contributed by atoms with van der Waals surface area (Å²) in [5, 5.41) is 0. The first-order chi connectivity index (χ1) is 7.77. The van der Waals surface area contributed by atoms with Gasteiger partial charge in [0.25, 0.3) is 0 Å². The molecule has 0 saturated heterocycles. The molecule has 0 radical (unpaired) electrons. The van der Waals surface area contributed by atoms with Crippen LogP contribution in [0.3, 0.4) is 0 Å². The van der Waals surface area contributed by atoms with E-state index in [1.165, 1.54) is 7.11 Å². The van der Waals surface area contributed by atoms with E-state index in [4.69, 9.17) is 0 Å². The van der Waals surface area contributed by atoms with Crippen LogP contribution in [0.25, 0.3) is 0 Å². The Hall–Kier alpha value is -1.88. The van der Waals surface area contributed by atoms with Gasteiger partial charge in [-0.2, -0.15) is 4.89 Å². The van der Waals surface area contributed by atoms with Crippen molar-refractivity contribution in [2.45, 2.75) is 0 Å². The van der Waals surface area contributed by atoms with Crippen LogP contribution in [-0.4, -0.2) is 32.5 Å². The van der Waals surface area contributed by atoms with E-state index in [-0.39, 0.29) is 13.1 Å². The number of carbonyl (C=O) groups is 2. The van der Waals surface area contributed by atoms with Gasteiger partial charge in [-0.15, -0.1) is 0 Å². The molecule has 0 N–H and O–H groups in total. The van der Waals surface area contributed by atoms with Gasteiger partial charge in [0.2, 0.25) is 0 Å². The molecule has 5 nitrogen and oxygen atoms in total. The molecule has 0 bridgehead atoms. The summed E-state index contributed by atoms with van der Waals surface area (Å²) in [6, 6.07) is 9.13. The summed E-state index contributed by atoms with van der Waals surface area (Å²) in [6.45, 7) is 0.0966. The molecule has 0 aliphatic heterocycles. The van der Waals surface area contributed by atoms with Gasteiger partial charge in [0.15, 0.2) is 0 Å². The Morgan fingerprint density at radius 1 is 1.38 bits per heavy atom. The highest BCUT2D eigenvalue weighted by Crippen LogP contribution is 2.11. The highest BCUT2D eigenvalue weighted by molar-refractivity contribution is 5.77. The maximum Gasteiger partial charge on any atom is 0.361 e. The lowest BCUT2D eigenvalue weighted by molar-refractivity contribution is -0.253. The van der Waals surface area contributed by atoms with Crippen LogP contribution >= 0.6 is 0 Å². The third-order valence-corrected chi connectivity index (χ3v) is 1.91. The third kappa shape index (κ3) is 3.70. The molecule has 1 rings (SSSR count). The minimum Gasteiger partial charge on any atom is -0.353 e. The van der Waals surface area contributed by atoms with Gasteiger partial charge in [0.05, 0.1) is 13.7 Å². The standard InChI is InChI=1S/C11H13NO4/c1-15-16-11(14)9-12(7-8-13)10-5-3-2-4-6-10/h2-6,8H,7,9H2,1H3. The van der Waals surface area contributed by atoms with Crippen molar-refractivity contribution in [3.63, 3.8) is 0 Å². The van der Waals surface area contributed by atoms with Gasteiger partial charge in [0.1, 0.15) is 12.8 Å². The maximum absolute atomic E-state index is 11.2. The molecular formula is C11H13NO4. The summed E-state index contributed by atoms with van der Waals surface area (Å²) in [4.78, 5) is 31.9. The fraction of sp³-hybridized carbons (Fsp3) is 0.273. The lowest BCUT2D eigenvalue weighted by Gasteiger charge is -2.20. The first-order valence-corrected chi connectivity index (χ1v) is 4.75. The van der Waals surface area contributed by atoms with Crippen LogP contribution in [0.2, 0.25) is 0 Å². The SMILES string of the molecule is COOC(=O)CN(CC=O)c1ccccc1. The Bertz CT molecular complexity index is 339. The molecule has 0 fully saturated rings. The highest BCUT2D eigenvalue weighted by Gasteiger charge is 2.12. The maximum atomic E-state index is 11.2. The Balaban J connectivity index is 2.68. The van der Waals surface area contributed by atoms with E-state index in [1.54, 1.807) is 4.90 Å².